The van der Waals surface area contributed by atoms with Crippen molar-refractivity contribution in [2.24, 2.45) is 0 Å². The third-order valence-corrected chi connectivity index (χ3v) is 7.32. The van der Waals surface area contributed by atoms with Gasteiger partial charge in [-0.2, -0.15) is 5.10 Å². The maximum atomic E-state index is 6.00. The molecule has 1 fully saturated rings. The summed E-state index contributed by atoms with van der Waals surface area (Å²) in [4.78, 5) is 22.0. The van der Waals surface area contributed by atoms with Crippen LogP contribution in [-0.2, 0) is 6.61 Å². The Hall–Kier alpha value is -4.76. The van der Waals surface area contributed by atoms with E-state index in [0.29, 0.717) is 12.4 Å². The molecule has 1 aliphatic heterocycles. The zero-order valence-corrected chi connectivity index (χ0v) is 21.6. The van der Waals surface area contributed by atoms with E-state index in [1.165, 1.54) is 5.69 Å². The van der Waals surface area contributed by atoms with Crippen molar-refractivity contribution >= 4 is 27.8 Å². The van der Waals surface area contributed by atoms with Crippen LogP contribution in [0.5, 0.6) is 5.75 Å². The minimum atomic E-state index is 0.486. The van der Waals surface area contributed by atoms with Crippen molar-refractivity contribution in [1.29, 1.82) is 0 Å². The van der Waals surface area contributed by atoms with Gasteiger partial charge < -0.3 is 19.5 Å². The molecule has 0 bridgehead atoms. The zero-order chi connectivity index (χ0) is 26.2. The largest absolute Gasteiger partial charge is 0.487 e. The number of pyridine rings is 3. The summed E-state index contributed by atoms with van der Waals surface area (Å²) in [6.07, 6.45) is 7.27. The summed E-state index contributed by atoms with van der Waals surface area (Å²) in [7, 11) is 2.17. The second kappa shape index (κ2) is 9.85. The number of rotatable bonds is 6. The number of fused-ring (bicyclic) bond motifs is 2. The molecule has 0 aliphatic carbocycles. The van der Waals surface area contributed by atoms with Crippen molar-refractivity contribution in [1.82, 2.24) is 35.0 Å². The molecule has 0 saturated carbocycles. The van der Waals surface area contributed by atoms with Crippen molar-refractivity contribution in [2.45, 2.75) is 6.61 Å². The van der Waals surface area contributed by atoms with E-state index in [0.717, 1.165) is 76.3 Å². The molecule has 0 atom stereocenters. The standard InChI is InChI=1S/C30H28N8O/c1-37-9-11-38(12-10-37)27-7-8-32-29-24(27)15-26(34-29)28-25-14-22(17-33-30(25)36-35-28)21-13-23(18-31-16-21)39-19-20-5-3-2-4-6-20/h2-8,13-18H,9-12,19H2,1H3,(H,32,34)(H,33,35,36). The van der Waals surface area contributed by atoms with Crippen LogP contribution in [0.15, 0.2) is 79.4 Å². The normalized spacial score (nSPS) is 14.3. The highest BCUT2D eigenvalue weighted by Gasteiger charge is 2.19. The summed E-state index contributed by atoms with van der Waals surface area (Å²) in [6, 6.07) is 18.4. The first kappa shape index (κ1) is 23.4. The van der Waals surface area contributed by atoms with Crippen molar-refractivity contribution in [3.63, 3.8) is 0 Å². The monoisotopic (exact) mass is 516 g/mol. The Morgan fingerprint density at radius 3 is 2.56 bits per heavy atom. The number of ether oxygens (including phenoxy) is 1. The van der Waals surface area contributed by atoms with Gasteiger partial charge >= 0.3 is 0 Å². The Balaban J connectivity index is 1.20. The number of nitrogens with one attached hydrogen (secondary N) is 2. The third-order valence-electron chi connectivity index (χ3n) is 7.32. The summed E-state index contributed by atoms with van der Waals surface area (Å²) in [6.45, 7) is 4.58. The molecule has 7 rings (SSSR count). The molecule has 1 aromatic carbocycles. The number of anilines is 1. The molecule has 194 valence electrons. The topological polar surface area (TPSA) is 98.8 Å². The predicted molar refractivity (Wildman–Crippen MR) is 153 cm³/mol. The van der Waals surface area contributed by atoms with Crippen LogP contribution in [0.1, 0.15) is 5.56 Å². The highest BCUT2D eigenvalue weighted by molar-refractivity contribution is 5.98. The lowest BCUT2D eigenvalue weighted by atomic mass is 10.1. The lowest BCUT2D eigenvalue weighted by Crippen LogP contribution is -2.44. The van der Waals surface area contributed by atoms with Gasteiger partial charge in [0, 0.05) is 72.4 Å². The van der Waals surface area contributed by atoms with Gasteiger partial charge in [0.1, 0.15) is 23.7 Å². The summed E-state index contributed by atoms with van der Waals surface area (Å²) in [5.41, 5.74) is 7.48. The van der Waals surface area contributed by atoms with Crippen molar-refractivity contribution in [3.8, 4) is 28.3 Å². The zero-order valence-electron chi connectivity index (χ0n) is 21.6. The maximum absolute atomic E-state index is 6.00. The fourth-order valence-corrected chi connectivity index (χ4v) is 5.13. The molecule has 39 heavy (non-hydrogen) atoms. The molecule has 9 nitrogen and oxygen atoms in total. The number of nitrogens with zero attached hydrogens (tertiary/aromatic N) is 6. The average molecular weight is 517 g/mol. The highest BCUT2D eigenvalue weighted by Crippen LogP contribution is 2.34. The fraction of sp³-hybridized carbons (Fsp3) is 0.200. The number of likely N-dealkylation sites (N-methyl/N-ethyl adjacent to an activating group) is 1. The fourth-order valence-electron chi connectivity index (χ4n) is 5.13. The molecule has 0 amide bonds. The molecule has 5 aromatic heterocycles. The van der Waals surface area contributed by atoms with Gasteiger partial charge in [-0.3, -0.25) is 10.1 Å². The van der Waals surface area contributed by atoms with Crippen LogP contribution < -0.4 is 9.64 Å². The van der Waals surface area contributed by atoms with Gasteiger partial charge in [0.25, 0.3) is 0 Å². The Bertz CT molecular complexity index is 1750. The lowest BCUT2D eigenvalue weighted by Gasteiger charge is -2.34. The lowest BCUT2D eigenvalue weighted by molar-refractivity contribution is 0.305. The summed E-state index contributed by atoms with van der Waals surface area (Å²) in [5.74, 6) is 0.710. The predicted octanol–water partition coefficient (Wildman–Crippen LogP) is 4.89. The molecule has 1 aliphatic rings. The molecular weight excluding hydrogens is 488 g/mol. The van der Waals surface area contributed by atoms with Gasteiger partial charge in [0.15, 0.2) is 5.65 Å². The first-order chi connectivity index (χ1) is 19.2. The number of aromatic amines is 2. The van der Waals surface area contributed by atoms with E-state index in [1.807, 2.05) is 55.0 Å². The summed E-state index contributed by atoms with van der Waals surface area (Å²) >= 11 is 0. The third kappa shape index (κ3) is 4.57. The van der Waals surface area contributed by atoms with Crippen molar-refractivity contribution < 1.29 is 4.74 Å². The van der Waals surface area contributed by atoms with Gasteiger partial charge in [0.2, 0.25) is 0 Å². The van der Waals surface area contributed by atoms with Crippen LogP contribution in [-0.4, -0.2) is 68.3 Å². The Kier molecular flexibility index (Phi) is 5.90. The first-order valence-corrected chi connectivity index (χ1v) is 13.1. The first-order valence-electron chi connectivity index (χ1n) is 13.1. The van der Waals surface area contributed by atoms with Crippen LogP contribution in [0.2, 0.25) is 0 Å². The summed E-state index contributed by atoms with van der Waals surface area (Å²) in [5, 5.41) is 9.73. The van der Waals surface area contributed by atoms with E-state index >= 15 is 0 Å². The number of piperazine rings is 1. The number of H-pyrrole nitrogens is 2. The van der Waals surface area contributed by atoms with E-state index in [9.17, 15) is 0 Å². The van der Waals surface area contributed by atoms with Gasteiger partial charge in [-0.1, -0.05) is 30.3 Å². The Morgan fingerprint density at radius 2 is 1.69 bits per heavy atom. The van der Waals surface area contributed by atoms with Crippen LogP contribution >= 0.6 is 0 Å². The number of hydrogen-bond donors (Lipinski definition) is 2. The number of hydrogen-bond acceptors (Lipinski definition) is 7. The Labute approximate surface area is 225 Å². The van der Waals surface area contributed by atoms with Gasteiger partial charge in [-0.15, -0.1) is 0 Å². The molecule has 0 radical (unpaired) electrons. The van der Waals surface area contributed by atoms with Crippen molar-refractivity contribution in [2.75, 3.05) is 38.1 Å². The highest BCUT2D eigenvalue weighted by atomic mass is 16.5. The van der Waals surface area contributed by atoms with Crippen LogP contribution in [0.25, 0.3) is 44.6 Å². The summed E-state index contributed by atoms with van der Waals surface area (Å²) < 4.78 is 6.00. The second-order valence-corrected chi connectivity index (χ2v) is 9.94. The van der Waals surface area contributed by atoms with Crippen molar-refractivity contribution in [3.05, 3.63) is 84.9 Å². The van der Waals surface area contributed by atoms with Crippen LogP contribution in [0.4, 0.5) is 5.69 Å². The molecule has 0 spiro atoms. The quantitative estimate of drug-likeness (QED) is 0.325. The van der Waals surface area contributed by atoms with Gasteiger partial charge in [-0.05, 0) is 36.9 Å². The number of benzene rings is 1. The van der Waals surface area contributed by atoms with E-state index in [-0.39, 0.29) is 0 Å². The molecule has 6 heterocycles. The molecule has 9 heteroatoms. The molecule has 0 unspecified atom stereocenters. The molecule has 1 saturated heterocycles. The van der Waals surface area contributed by atoms with Gasteiger partial charge in [0.05, 0.1) is 11.9 Å². The van der Waals surface area contributed by atoms with E-state index < -0.39 is 0 Å². The molecule has 6 aromatic rings. The average Bonchev–Trinajstić information content (AvgIpc) is 3.61. The second-order valence-electron chi connectivity index (χ2n) is 9.94. The van der Waals surface area contributed by atoms with E-state index in [4.69, 9.17) is 4.74 Å². The smallest absolute Gasteiger partial charge is 0.155 e. The molecule has 2 N–H and O–H groups in total. The molecular formula is C30H28N8O. The van der Waals surface area contributed by atoms with Crippen LogP contribution in [0, 0.1) is 0 Å². The van der Waals surface area contributed by atoms with Gasteiger partial charge in [-0.25, -0.2) is 9.97 Å². The number of aromatic nitrogens is 6. The Morgan fingerprint density at radius 1 is 0.846 bits per heavy atom. The minimum absolute atomic E-state index is 0.486. The van der Waals surface area contributed by atoms with E-state index in [2.05, 4.69) is 65.2 Å². The SMILES string of the molecule is CN1CCN(c2ccnc3[nH]c(-c4n[nH]c5ncc(-c6cncc(OCc7ccccc7)c6)cc45)cc23)CC1. The minimum Gasteiger partial charge on any atom is -0.487 e. The maximum Gasteiger partial charge on any atom is 0.155 e. The van der Waals surface area contributed by atoms with E-state index in [1.54, 1.807) is 6.20 Å². The van der Waals surface area contributed by atoms with Crippen LogP contribution in [0.3, 0.4) is 0 Å².